The maximum absolute atomic E-state index is 12.1. The molecular formula is C16H21N5O3S. The molecule has 0 unspecified atom stereocenters. The molecule has 0 amide bonds. The van der Waals surface area contributed by atoms with Crippen LogP contribution in [0.1, 0.15) is 18.7 Å². The van der Waals surface area contributed by atoms with Gasteiger partial charge in [-0.15, -0.1) is 0 Å². The van der Waals surface area contributed by atoms with Crippen LogP contribution in [0.3, 0.4) is 0 Å². The summed E-state index contributed by atoms with van der Waals surface area (Å²) in [5, 5.41) is 0. The van der Waals surface area contributed by atoms with E-state index in [4.69, 9.17) is 4.74 Å². The highest BCUT2D eigenvalue weighted by Gasteiger charge is 2.16. The summed E-state index contributed by atoms with van der Waals surface area (Å²) in [5.41, 5.74) is 0. The van der Waals surface area contributed by atoms with Crippen molar-refractivity contribution in [2.24, 2.45) is 0 Å². The Morgan fingerprint density at radius 3 is 2.80 bits per heavy atom. The summed E-state index contributed by atoms with van der Waals surface area (Å²) in [6, 6.07) is 4.87. The summed E-state index contributed by atoms with van der Waals surface area (Å²) in [4.78, 5) is 14.8. The fraction of sp³-hybridized carbons (Fsp3) is 0.438. The zero-order chi connectivity index (χ0) is 17.7. The van der Waals surface area contributed by atoms with Gasteiger partial charge in [-0.25, -0.2) is 18.1 Å². The summed E-state index contributed by atoms with van der Waals surface area (Å²) in [6.45, 7) is 4.11. The SMILES string of the molecule is Cc1nc(OCCNS(=O)(=O)c2cccnc2)cc(N2CCCC2)n1. The molecule has 134 valence electrons. The maximum Gasteiger partial charge on any atom is 0.242 e. The number of sulfonamides is 1. The van der Waals surface area contributed by atoms with Crippen molar-refractivity contribution in [3.05, 3.63) is 36.4 Å². The molecule has 0 saturated carbocycles. The number of hydrogen-bond donors (Lipinski definition) is 1. The van der Waals surface area contributed by atoms with E-state index in [-0.39, 0.29) is 18.0 Å². The molecule has 0 atom stereocenters. The van der Waals surface area contributed by atoms with Crippen molar-refractivity contribution >= 4 is 15.8 Å². The van der Waals surface area contributed by atoms with Crippen molar-refractivity contribution in [1.29, 1.82) is 0 Å². The molecule has 0 spiro atoms. The van der Waals surface area contributed by atoms with Crippen LogP contribution in [-0.2, 0) is 10.0 Å². The highest BCUT2D eigenvalue weighted by Crippen LogP contribution is 2.21. The van der Waals surface area contributed by atoms with Crippen LogP contribution in [0, 0.1) is 6.92 Å². The normalized spacial score (nSPS) is 14.7. The van der Waals surface area contributed by atoms with Crippen LogP contribution in [0.4, 0.5) is 5.82 Å². The minimum atomic E-state index is -3.58. The van der Waals surface area contributed by atoms with Gasteiger partial charge in [-0.2, -0.15) is 4.98 Å². The van der Waals surface area contributed by atoms with Crippen LogP contribution < -0.4 is 14.4 Å². The van der Waals surface area contributed by atoms with E-state index < -0.39 is 10.0 Å². The van der Waals surface area contributed by atoms with Crippen LogP contribution in [0.5, 0.6) is 5.88 Å². The smallest absolute Gasteiger partial charge is 0.242 e. The average molecular weight is 363 g/mol. The molecule has 1 saturated heterocycles. The van der Waals surface area contributed by atoms with Gasteiger partial charge in [0.15, 0.2) is 0 Å². The molecule has 1 N–H and O–H groups in total. The predicted octanol–water partition coefficient (Wildman–Crippen LogP) is 1.14. The van der Waals surface area contributed by atoms with E-state index in [1.165, 1.54) is 18.5 Å². The van der Waals surface area contributed by atoms with Crippen molar-refractivity contribution < 1.29 is 13.2 Å². The van der Waals surface area contributed by atoms with Gasteiger partial charge in [0.2, 0.25) is 15.9 Å². The van der Waals surface area contributed by atoms with Crippen LogP contribution in [-0.4, -0.2) is 49.6 Å². The number of nitrogens with one attached hydrogen (secondary N) is 1. The summed E-state index contributed by atoms with van der Waals surface area (Å²) in [6.07, 6.45) is 5.15. The van der Waals surface area contributed by atoms with E-state index in [1.54, 1.807) is 12.1 Å². The van der Waals surface area contributed by atoms with Gasteiger partial charge in [0.1, 0.15) is 23.1 Å². The van der Waals surface area contributed by atoms with E-state index in [0.717, 1.165) is 31.7 Å². The molecule has 0 bridgehead atoms. The average Bonchev–Trinajstić information content (AvgIpc) is 3.14. The minimum Gasteiger partial charge on any atom is -0.476 e. The van der Waals surface area contributed by atoms with E-state index in [2.05, 4.69) is 24.6 Å². The predicted molar refractivity (Wildman–Crippen MR) is 93.1 cm³/mol. The zero-order valence-electron chi connectivity index (χ0n) is 14.1. The number of anilines is 1. The number of aromatic nitrogens is 3. The first-order valence-corrected chi connectivity index (χ1v) is 9.66. The fourth-order valence-electron chi connectivity index (χ4n) is 2.63. The van der Waals surface area contributed by atoms with Crippen LogP contribution in [0.25, 0.3) is 0 Å². The Hall–Kier alpha value is -2.26. The van der Waals surface area contributed by atoms with Crippen molar-refractivity contribution in [3.63, 3.8) is 0 Å². The second kappa shape index (κ2) is 7.75. The highest BCUT2D eigenvalue weighted by molar-refractivity contribution is 7.89. The standard InChI is InChI=1S/C16H21N5O3S/c1-13-19-15(21-8-2-3-9-21)11-16(20-13)24-10-7-18-25(22,23)14-5-4-6-17-12-14/h4-6,11-12,18H,2-3,7-10H2,1H3. The van der Waals surface area contributed by atoms with Gasteiger partial charge in [0.25, 0.3) is 0 Å². The number of hydrogen-bond acceptors (Lipinski definition) is 7. The van der Waals surface area contributed by atoms with Gasteiger partial charge >= 0.3 is 0 Å². The van der Waals surface area contributed by atoms with Crippen molar-refractivity contribution in [2.75, 3.05) is 31.1 Å². The number of nitrogens with zero attached hydrogens (tertiary/aromatic N) is 4. The molecule has 0 radical (unpaired) electrons. The molecular weight excluding hydrogens is 342 g/mol. The van der Waals surface area contributed by atoms with Crippen molar-refractivity contribution in [1.82, 2.24) is 19.7 Å². The van der Waals surface area contributed by atoms with E-state index >= 15 is 0 Å². The second-order valence-electron chi connectivity index (χ2n) is 5.74. The molecule has 8 nitrogen and oxygen atoms in total. The lowest BCUT2D eigenvalue weighted by Crippen LogP contribution is -2.28. The van der Waals surface area contributed by atoms with Gasteiger partial charge < -0.3 is 9.64 Å². The molecule has 1 aliphatic heterocycles. The lowest BCUT2D eigenvalue weighted by atomic mass is 10.4. The summed E-state index contributed by atoms with van der Waals surface area (Å²) < 4.78 is 32.3. The van der Waals surface area contributed by atoms with Gasteiger partial charge in [-0.1, -0.05) is 0 Å². The van der Waals surface area contributed by atoms with E-state index in [0.29, 0.717) is 11.7 Å². The lowest BCUT2D eigenvalue weighted by Gasteiger charge is -2.17. The minimum absolute atomic E-state index is 0.129. The second-order valence-corrected chi connectivity index (χ2v) is 7.51. The number of aryl methyl sites for hydroxylation is 1. The summed E-state index contributed by atoms with van der Waals surface area (Å²) >= 11 is 0. The first-order chi connectivity index (χ1) is 12.0. The Balaban J connectivity index is 1.55. The molecule has 0 aliphatic carbocycles. The van der Waals surface area contributed by atoms with E-state index in [1.807, 2.05) is 6.92 Å². The molecule has 0 aromatic carbocycles. The first-order valence-electron chi connectivity index (χ1n) is 8.18. The van der Waals surface area contributed by atoms with Crippen molar-refractivity contribution in [3.8, 4) is 5.88 Å². The van der Waals surface area contributed by atoms with Crippen LogP contribution >= 0.6 is 0 Å². The monoisotopic (exact) mass is 363 g/mol. The number of rotatable bonds is 7. The molecule has 25 heavy (non-hydrogen) atoms. The summed E-state index contributed by atoms with van der Waals surface area (Å²) in [7, 11) is -3.58. The molecule has 2 aromatic heterocycles. The molecule has 3 heterocycles. The van der Waals surface area contributed by atoms with Crippen LogP contribution in [0.15, 0.2) is 35.5 Å². The first kappa shape index (κ1) is 17.6. The maximum atomic E-state index is 12.1. The number of pyridine rings is 1. The summed E-state index contributed by atoms with van der Waals surface area (Å²) in [5.74, 6) is 1.95. The zero-order valence-corrected chi connectivity index (χ0v) is 14.9. The fourth-order valence-corrected chi connectivity index (χ4v) is 3.60. The van der Waals surface area contributed by atoms with Crippen molar-refractivity contribution in [2.45, 2.75) is 24.7 Å². The molecule has 9 heteroatoms. The Morgan fingerprint density at radius 1 is 1.28 bits per heavy atom. The van der Waals surface area contributed by atoms with E-state index in [9.17, 15) is 8.42 Å². The third-order valence-electron chi connectivity index (χ3n) is 3.82. The molecule has 3 rings (SSSR count). The molecule has 1 aliphatic rings. The largest absolute Gasteiger partial charge is 0.476 e. The van der Waals surface area contributed by atoms with Crippen LogP contribution in [0.2, 0.25) is 0 Å². The van der Waals surface area contributed by atoms with Gasteiger partial charge in [0.05, 0.1) is 0 Å². The Morgan fingerprint density at radius 2 is 2.08 bits per heavy atom. The Kier molecular flexibility index (Phi) is 5.44. The third-order valence-corrected chi connectivity index (χ3v) is 5.27. The lowest BCUT2D eigenvalue weighted by molar-refractivity contribution is 0.309. The quantitative estimate of drug-likeness (QED) is 0.737. The molecule has 1 fully saturated rings. The van der Waals surface area contributed by atoms with Gasteiger partial charge in [0, 0.05) is 38.1 Å². The molecule has 2 aromatic rings. The Bertz CT molecular complexity index is 808. The Labute approximate surface area is 147 Å². The van der Waals surface area contributed by atoms with Gasteiger partial charge in [-0.05, 0) is 31.9 Å². The highest BCUT2D eigenvalue weighted by atomic mass is 32.2. The topological polar surface area (TPSA) is 97.3 Å². The third kappa shape index (κ3) is 4.64. The number of ether oxygens (including phenoxy) is 1. The van der Waals surface area contributed by atoms with Gasteiger partial charge in [-0.3, -0.25) is 4.98 Å².